The van der Waals surface area contributed by atoms with E-state index >= 15 is 0 Å². The van der Waals surface area contributed by atoms with Gasteiger partial charge in [0.05, 0.1) is 8.07 Å². The average molecular weight is 272 g/mol. The molecule has 0 nitrogen and oxygen atoms in total. The number of rotatable bonds is 1. The van der Waals surface area contributed by atoms with E-state index in [4.69, 9.17) is 0 Å². The first kappa shape index (κ1) is 12.4. The van der Waals surface area contributed by atoms with Crippen LogP contribution in [0.5, 0.6) is 0 Å². The maximum absolute atomic E-state index is 2.67. The Balaban J connectivity index is 1.87. The van der Waals surface area contributed by atoms with Crippen LogP contribution in [0.2, 0.25) is 18.1 Å². The van der Waals surface area contributed by atoms with Crippen LogP contribution in [0.1, 0.15) is 47.0 Å². The second-order valence-corrected chi connectivity index (χ2v) is 12.7. The number of fused-ring (bicyclic) bond motifs is 5. The van der Waals surface area contributed by atoms with Gasteiger partial charge in [-0.3, -0.25) is 0 Å². The summed E-state index contributed by atoms with van der Waals surface area (Å²) in [6, 6.07) is 0. The van der Waals surface area contributed by atoms with Crippen molar-refractivity contribution in [3.63, 3.8) is 0 Å². The number of hydrogen-bond donors (Lipinski definition) is 0. The van der Waals surface area contributed by atoms with Crippen LogP contribution < -0.4 is 0 Å². The molecule has 0 aromatic rings. The molecule has 1 saturated heterocycles. The van der Waals surface area contributed by atoms with Gasteiger partial charge in [0, 0.05) is 0 Å². The van der Waals surface area contributed by atoms with Gasteiger partial charge in [0.1, 0.15) is 0 Å². The van der Waals surface area contributed by atoms with Crippen LogP contribution in [0.4, 0.5) is 0 Å². The summed E-state index contributed by atoms with van der Waals surface area (Å²) in [6.45, 7) is 15.0. The van der Waals surface area contributed by atoms with Crippen LogP contribution in [-0.4, -0.2) is 8.07 Å². The second-order valence-electron chi connectivity index (χ2n) is 8.12. The Morgan fingerprint density at radius 3 is 2.26 bits per heavy atom. The molecule has 3 aliphatic carbocycles. The van der Waals surface area contributed by atoms with E-state index in [9.17, 15) is 0 Å². The third-order valence-corrected chi connectivity index (χ3v) is 12.4. The van der Waals surface area contributed by atoms with Crippen molar-refractivity contribution in [1.82, 2.24) is 0 Å². The molecular formula is C18H27Si. The largest absolute Gasteiger partial charge is 0.0682 e. The SMILES string of the molecule is CC1=C(C)C(C)C(C23[C](C4CCC2C4)[Si]3(C)C)=C1C. The van der Waals surface area contributed by atoms with Crippen molar-refractivity contribution < 1.29 is 0 Å². The maximum Gasteiger partial charge on any atom is 0.0665 e. The standard InChI is InChI=1S/C18H27Si/c1-10-11(2)13(4)16(12(10)3)18-15-8-7-14(9-15)17(18)19(18,5)6/h12,14-15H,7-9H2,1-6H3. The summed E-state index contributed by atoms with van der Waals surface area (Å²) in [7, 11) is -1.10. The Bertz CT molecular complexity index is 536. The minimum atomic E-state index is -1.10. The lowest BCUT2D eigenvalue weighted by Crippen LogP contribution is -2.24. The quantitative estimate of drug-likeness (QED) is 0.568. The smallest absolute Gasteiger partial charge is 0.0665 e. The van der Waals surface area contributed by atoms with Crippen molar-refractivity contribution in [1.29, 1.82) is 0 Å². The summed E-state index contributed by atoms with van der Waals surface area (Å²) in [5, 5.41) is 0.651. The normalized spacial score (nSPS) is 47.4. The van der Waals surface area contributed by atoms with E-state index in [1.54, 1.807) is 16.7 Å². The lowest BCUT2D eigenvalue weighted by atomic mass is 9.77. The topological polar surface area (TPSA) is 0 Å². The third-order valence-electron chi connectivity index (χ3n) is 7.54. The Hall–Kier alpha value is -0.303. The van der Waals surface area contributed by atoms with Crippen molar-refractivity contribution in [3.05, 3.63) is 27.8 Å². The van der Waals surface area contributed by atoms with Crippen LogP contribution in [0.25, 0.3) is 0 Å². The highest BCUT2D eigenvalue weighted by Gasteiger charge is 2.83. The van der Waals surface area contributed by atoms with Crippen molar-refractivity contribution in [2.75, 3.05) is 0 Å². The predicted octanol–water partition coefficient (Wildman–Crippen LogP) is 5.29. The first-order valence-corrected chi connectivity index (χ1v) is 11.1. The van der Waals surface area contributed by atoms with Gasteiger partial charge in [0.25, 0.3) is 0 Å². The van der Waals surface area contributed by atoms with Crippen LogP contribution in [0, 0.1) is 23.3 Å². The Morgan fingerprint density at radius 2 is 1.74 bits per heavy atom. The fraction of sp³-hybridized carbons (Fsp3) is 0.722. The highest BCUT2D eigenvalue weighted by atomic mass is 28.3. The van der Waals surface area contributed by atoms with Gasteiger partial charge in [-0.15, -0.1) is 0 Å². The van der Waals surface area contributed by atoms with Gasteiger partial charge >= 0.3 is 0 Å². The lowest BCUT2D eigenvalue weighted by Gasteiger charge is -2.32. The zero-order chi connectivity index (χ0) is 13.7. The monoisotopic (exact) mass is 271 g/mol. The van der Waals surface area contributed by atoms with E-state index in [2.05, 4.69) is 46.3 Å². The molecular weight excluding hydrogens is 244 g/mol. The minimum Gasteiger partial charge on any atom is -0.0682 e. The summed E-state index contributed by atoms with van der Waals surface area (Å²) in [6.07, 6.45) is 4.57. The van der Waals surface area contributed by atoms with Gasteiger partial charge in [-0.1, -0.05) is 31.2 Å². The summed E-state index contributed by atoms with van der Waals surface area (Å²) in [5.74, 6) is 2.78. The molecule has 0 N–H and O–H groups in total. The molecule has 1 heterocycles. The van der Waals surface area contributed by atoms with Crippen molar-refractivity contribution in [2.45, 2.75) is 65.1 Å². The lowest BCUT2D eigenvalue weighted by molar-refractivity contribution is 0.472. The molecule has 0 spiro atoms. The molecule has 1 radical (unpaired) electrons. The average Bonchev–Trinajstić information content (AvgIpc) is 2.77. The molecule has 0 aromatic carbocycles. The second kappa shape index (κ2) is 3.29. The van der Waals surface area contributed by atoms with Crippen LogP contribution >= 0.6 is 0 Å². The predicted molar refractivity (Wildman–Crippen MR) is 84.5 cm³/mol. The zero-order valence-corrected chi connectivity index (χ0v) is 14.4. The Morgan fingerprint density at radius 1 is 1.05 bits per heavy atom. The van der Waals surface area contributed by atoms with Crippen molar-refractivity contribution in [3.8, 4) is 0 Å². The number of allylic oxidation sites excluding steroid dienone is 4. The van der Waals surface area contributed by atoms with Gasteiger partial charge in [0.15, 0.2) is 0 Å². The fourth-order valence-corrected chi connectivity index (χ4v) is 13.0. The molecule has 4 rings (SSSR count). The number of hydrogen-bond acceptors (Lipinski definition) is 0. The molecule has 103 valence electrons. The highest BCUT2D eigenvalue weighted by molar-refractivity contribution is 6.99. The van der Waals surface area contributed by atoms with E-state index in [1.807, 2.05) is 5.57 Å². The van der Waals surface area contributed by atoms with Crippen molar-refractivity contribution in [2.24, 2.45) is 17.8 Å². The van der Waals surface area contributed by atoms with Gasteiger partial charge in [0.2, 0.25) is 0 Å². The maximum atomic E-state index is 2.67. The van der Waals surface area contributed by atoms with Gasteiger partial charge < -0.3 is 0 Å². The first-order valence-electron chi connectivity index (χ1n) is 8.12. The third kappa shape index (κ3) is 1.07. The molecule has 2 saturated carbocycles. The highest BCUT2D eigenvalue weighted by Crippen LogP contribution is 2.89. The van der Waals surface area contributed by atoms with E-state index in [-0.39, 0.29) is 0 Å². The zero-order valence-electron chi connectivity index (χ0n) is 13.4. The fourth-order valence-electron chi connectivity index (χ4n) is 6.62. The molecule has 4 aliphatic rings. The van der Waals surface area contributed by atoms with Gasteiger partial charge in [-0.2, -0.15) is 0 Å². The molecule has 0 aromatic heterocycles. The van der Waals surface area contributed by atoms with Crippen LogP contribution in [0.15, 0.2) is 22.3 Å². The van der Waals surface area contributed by atoms with E-state index < -0.39 is 8.07 Å². The molecule has 2 bridgehead atoms. The first-order chi connectivity index (χ1) is 8.85. The Kier molecular flexibility index (Phi) is 2.16. The molecule has 19 heavy (non-hydrogen) atoms. The summed E-state index contributed by atoms with van der Waals surface area (Å²) in [4.78, 5) is 0. The summed E-state index contributed by atoms with van der Waals surface area (Å²) >= 11 is 0. The molecule has 1 aliphatic heterocycles. The van der Waals surface area contributed by atoms with E-state index in [1.165, 1.54) is 19.3 Å². The van der Waals surface area contributed by atoms with Crippen LogP contribution in [-0.2, 0) is 0 Å². The Labute approximate surface area is 119 Å². The molecule has 4 atom stereocenters. The molecule has 1 heteroatoms. The van der Waals surface area contributed by atoms with E-state index in [0.717, 1.165) is 17.8 Å². The summed E-state index contributed by atoms with van der Waals surface area (Å²) in [5.41, 5.74) is 8.91. The van der Waals surface area contributed by atoms with Crippen molar-refractivity contribution >= 4 is 8.07 Å². The van der Waals surface area contributed by atoms with E-state index in [0.29, 0.717) is 5.04 Å². The van der Waals surface area contributed by atoms with Crippen LogP contribution in [0.3, 0.4) is 0 Å². The minimum absolute atomic E-state index is 0.651. The molecule has 0 amide bonds. The van der Waals surface area contributed by atoms with Gasteiger partial charge in [-0.25, -0.2) is 0 Å². The van der Waals surface area contributed by atoms with Gasteiger partial charge in [-0.05, 0) is 79.5 Å². The summed E-state index contributed by atoms with van der Waals surface area (Å²) < 4.78 is 0. The molecule has 4 unspecified atom stereocenters. The molecule has 3 fully saturated rings.